The first kappa shape index (κ1) is 8.13. The number of ether oxygens (including phenoxy) is 1. The van der Waals surface area contributed by atoms with Crippen LogP contribution in [0, 0.1) is 6.92 Å². The molecular weight excluding hydrogens is 214 g/mol. The average molecular weight is 219 g/mol. The van der Waals surface area contributed by atoms with Crippen molar-refractivity contribution < 1.29 is 14.1 Å². The molecule has 4 nitrogen and oxygen atoms in total. The summed E-state index contributed by atoms with van der Waals surface area (Å²) in [5, 5.41) is 3.41. The Morgan fingerprint density at radius 3 is 3.09 bits per heavy atom. The van der Waals surface area contributed by atoms with Crippen LogP contribution in [-0.4, -0.2) is 17.7 Å². The predicted molar refractivity (Wildman–Crippen MR) is 39.8 cm³/mol. The van der Waals surface area contributed by atoms with E-state index >= 15 is 0 Å². The molecule has 0 aromatic carbocycles. The van der Waals surface area contributed by atoms with Crippen LogP contribution in [0.2, 0.25) is 0 Å². The van der Waals surface area contributed by atoms with Gasteiger partial charge >= 0.3 is 5.97 Å². The van der Waals surface area contributed by atoms with Gasteiger partial charge in [0.2, 0.25) is 11.3 Å². The minimum absolute atomic E-state index is 0.0866. The van der Waals surface area contributed by atoms with Crippen LogP contribution in [0.15, 0.2) is 15.3 Å². The van der Waals surface area contributed by atoms with Crippen LogP contribution < -0.4 is 0 Å². The molecule has 0 amide bonds. The average Bonchev–Trinajstić information content (AvgIpc) is 2.36. The summed E-state index contributed by atoms with van der Waals surface area (Å²) in [5.74, 6) is -0.533. The van der Waals surface area contributed by atoms with Crippen molar-refractivity contribution in [3.8, 4) is 0 Å². The van der Waals surface area contributed by atoms with E-state index in [0.717, 1.165) is 0 Å². The molecule has 1 aromatic heterocycles. The Bertz CT molecular complexity index is 258. The maximum atomic E-state index is 10.9. The van der Waals surface area contributed by atoms with Crippen molar-refractivity contribution in [3.63, 3.8) is 0 Å². The second kappa shape index (κ2) is 3.43. The summed E-state index contributed by atoms with van der Waals surface area (Å²) in [7, 11) is 0. The molecule has 0 bridgehead atoms. The molecule has 0 saturated carbocycles. The van der Waals surface area contributed by atoms with Gasteiger partial charge in [0.15, 0.2) is 5.69 Å². The summed E-state index contributed by atoms with van der Waals surface area (Å²) in [5.41, 5.74) is 0.139. The molecule has 0 aliphatic heterocycles. The third-order valence-corrected chi connectivity index (χ3v) is 1.30. The van der Waals surface area contributed by atoms with Gasteiger partial charge in [0.1, 0.15) is 6.92 Å². The summed E-state index contributed by atoms with van der Waals surface area (Å²) in [6, 6.07) is 1.43. The zero-order valence-electron chi connectivity index (χ0n) is 5.54. The molecule has 0 saturated heterocycles. The molecule has 0 fully saturated rings. The summed E-state index contributed by atoms with van der Waals surface area (Å²) in [6.07, 6.45) is 0. The molecule has 0 atom stereocenters. The van der Waals surface area contributed by atoms with Crippen molar-refractivity contribution in [2.75, 3.05) is 6.61 Å². The first-order valence-electron chi connectivity index (χ1n) is 2.82. The molecule has 0 radical (unpaired) electrons. The molecule has 58 valence electrons. The first-order chi connectivity index (χ1) is 5.24. The normalized spacial score (nSPS) is 9.55. The molecule has 0 spiro atoms. The molecule has 1 heterocycles. The van der Waals surface area contributed by atoms with Gasteiger partial charge in [-0.15, -0.1) is 0 Å². The highest BCUT2D eigenvalue weighted by molar-refractivity contribution is 9.10. The number of hydrogen-bond acceptors (Lipinski definition) is 4. The lowest BCUT2D eigenvalue weighted by Gasteiger charge is -1.90. The number of carbonyl (C=O) groups is 1. The van der Waals surface area contributed by atoms with Crippen molar-refractivity contribution in [2.24, 2.45) is 0 Å². The number of halogens is 1. The van der Waals surface area contributed by atoms with Crippen LogP contribution in [0.3, 0.4) is 0 Å². The lowest BCUT2D eigenvalue weighted by Crippen LogP contribution is -2.04. The van der Waals surface area contributed by atoms with Crippen LogP contribution in [-0.2, 0) is 4.74 Å². The quantitative estimate of drug-likeness (QED) is 0.557. The smallest absolute Gasteiger partial charge is 0.363 e. The number of carbonyl (C=O) groups excluding carboxylic acids is 1. The van der Waals surface area contributed by atoms with Gasteiger partial charge in [-0.2, -0.15) is 0 Å². The van der Waals surface area contributed by atoms with E-state index in [9.17, 15) is 4.79 Å². The van der Waals surface area contributed by atoms with Crippen molar-refractivity contribution in [3.05, 3.63) is 23.4 Å². The number of hydrogen-bond donors (Lipinski definition) is 0. The van der Waals surface area contributed by atoms with E-state index in [1.165, 1.54) is 6.07 Å². The third-order valence-electron chi connectivity index (χ3n) is 0.924. The molecule has 0 aliphatic rings. The standard InChI is InChI=1S/C6H5BrNO3/c1-2-10-6(9)4-3-5(7)11-8-4/h3H,1-2H2/q+1. The van der Waals surface area contributed by atoms with Crippen LogP contribution >= 0.6 is 15.9 Å². The Balaban J connectivity index is 2.69. The predicted octanol–water partition coefficient (Wildman–Crippen LogP) is 1.43. The second-order valence-corrected chi connectivity index (χ2v) is 2.43. The van der Waals surface area contributed by atoms with Gasteiger partial charge in [-0.3, -0.25) is 0 Å². The van der Waals surface area contributed by atoms with E-state index in [4.69, 9.17) is 0 Å². The molecule has 0 N–H and O–H groups in total. The van der Waals surface area contributed by atoms with Gasteiger partial charge in [0.25, 0.3) is 0 Å². The summed E-state index contributed by atoms with van der Waals surface area (Å²) in [6.45, 7) is 3.43. The van der Waals surface area contributed by atoms with Crippen LogP contribution in [0.1, 0.15) is 10.5 Å². The maximum Gasteiger partial charge on any atom is 0.363 e. The lowest BCUT2D eigenvalue weighted by atomic mass is 10.4. The Morgan fingerprint density at radius 2 is 2.64 bits per heavy atom. The Kier molecular flexibility index (Phi) is 2.53. The molecule has 11 heavy (non-hydrogen) atoms. The SMILES string of the molecule is [CH2+]COC(=O)c1cc(Br)on1. The zero-order valence-corrected chi connectivity index (χ0v) is 7.13. The molecule has 1 aromatic rings. The van der Waals surface area contributed by atoms with Crippen molar-refractivity contribution >= 4 is 21.9 Å². The monoisotopic (exact) mass is 218 g/mol. The van der Waals surface area contributed by atoms with Crippen molar-refractivity contribution in [2.45, 2.75) is 0 Å². The summed E-state index contributed by atoms with van der Waals surface area (Å²) < 4.78 is 9.52. The fourth-order valence-electron chi connectivity index (χ4n) is 0.516. The second-order valence-electron chi connectivity index (χ2n) is 1.65. The van der Waals surface area contributed by atoms with Crippen molar-refractivity contribution in [1.29, 1.82) is 0 Å². The number of rotatable bonds is 2. The largest absolute Gasteiger partial charge is 0.419 e. The minimum Gasteiger partial charge on any atom is -0.419 e. The van der Waals surface area contributed by atoms with Crippen LogP contribution in [0.5, 0.6) is 0 Å². The number of aromatic nitrogens is 1. The topological polar surface area (TPSA) is 52.3 Å². The van der Waals surface area contributed by atoms with Crippen LogP contribution in [0.25, 0.3) is 0 Å². The fraction of sp³-hybridized carbons (Fsp3) is 0.167. The van der Waals surface area contributed by atoms with E-state index in [0.29, 0.717) is 4.67 Å². The fourth-order valence-corrected chi connectivity index (χ4v) is 0.805. The summed E-state index contributed by atoms with van der Waals surface area (Å²) in [4.78, 5) is 10.9. The zero-order chi connectivity index (χ0) is 8.27. The van der Waals surface area contributed by atoms with E-state index in [1.807, 2.05) is 0 Å². The Labute approximate surface area is 71.6 Å². The molecule has 1 rings (SSSR count). The van der Waals surface area contributed by atoms with Gasteiger partial charge in [0.05, 0.1) is 0 Å². The highest BCUT2D eigenvalue weighted by atomic mass is 79.9. The van der Waals surface area contributed by atoms with Gasteiger partial charge in [0, 0.05) is 6.07 Å². The molecule has 5 heteroatoms. The maximum absolute atomic E-state index is 10.9. The molecule has 0 aliphatic carbocycles. The van der Waals surface area contributed by atoms with Gasteiger partial charge < -0.3 is 9.26 Å². The lowest BCUT2D eigenvalue weighted by molar-refractivity contribution is 0.0535. The van der Waals surface area contributed by atoms with Crippen LogP contribution in [0.4, 0.5) is 0 Å². The molecular formula is C6H5BrNO3+. The van der Waals surface area contributed by atoms with E-state index in [-0.39, 0.29) is 12.3 Å². The Hall–Kier alpha value is -0.970. The van der Waals surface area contributed by atoms with Gasteiger partial charge in [-0.25, -0.2) is 4.79 Å². The highest BCUT2D eigenvalue weighted by Gasteiger charge is 2.12. The number of esters is 1. The molecule has 0 unspecified atom stereocenters. The van der Waals surface area contributed by atoms with Crippen molar-refractivity contribution in [1.82, 2.24) is 5.16 Å². The van der Waals surface area contributed by atoms with Gasteiger partial charge in [-0.1, -0.05) is 5.16 Å². The van der Waals surface area contributed by atoms with E-state index < -0.39 is 5.97 Å². The summed E-state index contributed by atoms with van der Waals surface area (Å²) >= 11 is 3.00. The minimum atomic E-state index is -0.533. The highest BCUT2D eigenvalue weighted by Crippen LogP contribution is 2.10. The van der Waals surface area contributed by atoms with E-state index in [2.05, 4.69) is 37.3 Å². The van der Waals surface area contributed by atoms with Gasteiger partial charge in [-0.05, 0) is 15.9 Å². The third kappa shape index (κ3) is 1.98. The van der Waals surface area contributed by atoms with E-state index in [1.54, 1.807) is 0 Å². The Morgan fingerprint density at radius 1 is 1.91 bits per heavy atom. The first-order valence-corrected chi connectivity index (χ1v) is 3.62. The number of nitrogens with zero attached hydrogens (tertiary/aromatic N) is 1.